The molecule has 0 radical (unpaired) electrons. The molecule has 4 heteroatoms. The number of piperazine rings is 1. The van der Waals surface area contributed by atoms with Crippen molar-refractivity contribution in [2.24, 2.45) is 5.73 Å². The highest BCUT2D eigenvalue weighted by Crippen LogP contribution is 2.14. The topological polar surface area (TPSA) is 41.7 Å². The van der Waals surface area contributed by atoms with Crippen LogP contribution in [0.5, 0.6) is 0 Å². The van der Waals surface area contributed by atoms with Gasteiger partial charge in [-0.1, -0.05) is 0 Å². The molecule has 2 N–H and O–H groups in total. The molecule has 0 aromatic carbocycles. The summed E-state index contributed by atoms with van der Waals surface area (Å²) in [5, 5.41) is 0. The smallest absolute Gasteiger partial charge is 0.0702 e. The quantitative estimate of drug-likeness (QED) is 0.699. The first-order valence-corrected chi connectivity index (χ1v) is 6.15. The van der Waals surface area contributed by atoms with Gasteiger partial charge in [-0.3, -0.25) is 9.80 Å². The Morgan fingerprint density at radius 2 is 1.87 bits per heavy atom. The lowest BCUT2D eigenvalue weighted by Gasteiger charge is -2.35. The minimum Gasteiger partial charge on any atom is -0.377 e. The molecule has 2 heterocycles. The first kappa shape index (κ1) is 11.3. The first-order valence-electron chi connectivity index (χ1n) is 6.15. The van der Waals surface area contributed by atoms with E-state index in [2.05, 4.69) is 9.80 Å². The average Bonchev–Trinajstić information content (AvgIpc) is 2.74. The first-order chi connectivity index (χ1) is 7.38. The summed E-state index contributed by atoms with van der Waals surface area (Å²) in [7, 11) is 0. The van der Waals surface area contributed by atoms with Crippen LogP contribution in [0, 0.1) is 0 Å². The molecular weight excluding hydrogens is 190 g/mol. The lowest BCUT2D eigenvalue weighted by atomic mass is 10.2. The van der Waals surface area contributed by atoms with Crippen molar-refractivity contribution in [2.45, 2.75) is 18.9 Å². The predicted octanol–water partition coefficient (Wildman–Crippen LogP) is -0.258. The Kier molecular flexibility index (Phi) is 4.38. The van der Waals surface area contributed by atoms with E-state index in [-0.39, 0.29) is 0 Å². The Hall–Kier alpha value is -0.160. The number of hydrogen-bond acceptors (Lipinski definition) is 4. The van der Waals surface area contributed by atoms with E-state index in [9.17, 15) is 0 Å². The Morgan fingerprint density at radius 1 is 1.13 bits per heavy atom. The van der Waals surface area contributed by atoms with Gasteiger partial charge in [-0.2, -0.15) is 0 Å². The highest BCUT2D eigenvalue weighted by Gasteiger charge is 2.22. The molecule has 0 aromatic rings. The fourth-order valence-electron chi connectivity index (χ4n) is 2.45. The molecule has 2 aliphatic heterocycles. The van der Waals surface area contributed by atoms with E-state index in [0.717, 1.165) is 26.2 Å². The van der Waals surface area contributed by atoms with Crippen LogP contribution < -0.4 is 5.73 Å². The van der Waals surface area contributed by atoms with E-state index >= 15 is 0 Å². The molecule has 0 aromatic heterocycles. The van der Waals surface area contributed by atoms with Crippen LogP contribution in [-0.2, 0) is 4.74 Å². The number of nitrogens with zero attached hydrogens (tertiary/aromatic N) is 2. The second-order valence-electron chi connectivity index (χ2n) is 4.57. The second-order valence-corrected chi connectivity index (χ2v) is 4.57. The Morgan fingerprint density at radius 3 is 2.47 bits per heavy atom. The molecule has 0 aliphatic carbocycles. The van der Waals surface area contributed by atoms with Crippen LogP contribution in [0.2, 0.25) is 0 Å². The minimum atomic E-state index is 0.506. The van der Waals surface area contributed by atoms with Gasteiger partial charge in [-0.15, -0.1) is 0 Å². The summed E-state index contributed by atoms with van der Waals surface area (Å²) in [5.74, 6) is 0. The van der Waals surface area contributed by atoms with Crippen LogP contribution in [0.3, 0.4) is 0 Å². The second kappa shape index (κ2) is 5.80. The standard InChI is InChI=1S/C11H23N3O/c12-3-4-13-5-7-14(8-6-13)10-11-2-1-9-15-11/h11H,1-10,12H2. The van der Waals surface area contributed by atoms with E-state index in [4.69, 9.17) is 10.5 Å². The summed E-state index contributed by atoms with van der Waals surface area (Å²) in [5.41, 5.74) is 5.55. The third-order valence-electron chi connectivity index (χ3n) is 3.40. The van der Waals surface area contributed by atoms with Gasteiger partial charge < -0.3 is 10.5 Å². The summed E-state index contributed by atoms with van der Waals surface area (Å²) in [6.45, 7) is 8.64. The largest absolute Gasteiger partial charge is 0.377 e. The van der Waals surface area contributed by atoms with Crippen molar-refractivity contribution < 1.29 is 4.74 Å². The zero-order valence-electron chi connectivity index (χ0n) is 9.53. The maximum atomic E-state index is 5.65. The van der Waals surface area contributed by atoms with Crippen molar-refractivity contribution in [1.29, 1.82) is 0 Å². The zero-order chi connectivity index (χ0) is 10.5. The zero-order valence-corrected chi connectivity index (χ0v) is 9.53. The van der Waals surface area contributed by atoms with Gasteiger partial charge in [0, 0.05) is 52.4 Å². The summed E-state index contributed by atoms with van der Waals surface area (Å²) in [4.78, 5) is 4.98. The van der Waals surface area contributed by atoms with Crippen molar-refractivity contribution in [1.82, 2.24) is 9.80 Å². The van der Waals surface area contributed by atoms with Gasteiger partial charge in [0.25, 0.3) is 0 Å². The van der Waals surface area contributed by atoms with Crippen molar-refractivity contribution in [2.75, 3.05) is 52.4 Å². The van der Waals surface area contributed by atoms with Crippen molar-refractivity contribution in [3.05, 3.63) is 0 Å². The highest BCUT2D eigenvalue weighted by molar-refractivity contribution is 4.76. The van der Waals surface area contributed by atoms with Gasteiger partial charge in [-0.05, 0) is 12.8 Å². The molecule has 0 amide bonds. The van der Waals surface area contributed by atoms with E-state index < -0.39 is 0 Å². The van der Waals surface area contributed by atoms with Crippen LogP contribution in [0.15, 0.2) is 0 Å². The Bertz CT molecular complexity index is 175. The molecule has 15 heavy (non-hydrogen) atoms. The van der Waals surface area contributed by atoms with Crippen LogP contribution >= 0.6 is 0 Å². The molecule has 1 unspecified atom stereocenters. The average molecular weight is 213 g/mol. The van der Waals surface area contributed by atoms with Gasteiger partial charge in [-0.25, -0.2) is 0 Å². The van der Waals surface area contributed by atoms with Gasteiger partial charge in [0.2, 0.25) is 0 Å². The molecule has 0 saturated carbocycles. The third-order valence-corrected chi connectivity index (χ3v) is 3.40. The molecule has 0 bridgehead atoms. The van der Waals surface area contributed by atoms with Gasteiger partial charge in [0.15, 0.2) is 0 Å². The number of rotatable bonds is 4. The van der Waals surface area contributed by atoms with Gasteiger partial charge >= 0.3 is 0 Å². The predicted molar refractivity (Wildman–Crippen MR) is 60.9 cm³/mol. The van der Waals surface area contributed by atoms with Crippen LogP contribution in [0.4, 0.5) is 0 Å². The minimum absolute atomic E-state index is 0.506. The van der Waals surface area contributed by atoms with Crippen LogP contribution in [0.1, 0.15) is 12.8 Å². The summed E-state index contributed by atoms with van der Waals surface area (Å²) in [6.07, 6.45) is 3.01. The van der Waals surface area contributed by atoms with Gasteiger partial charge in [0.1, 0.15) is 0 Å². The number of ether oxygens (including phenoxy) is 1. The monoisotopic (exact) mass is 213 g/mol. The summed E-state index contributed by atoms with van der Waals surface area (Å²) >= 11 is 0. The fraction of sp³-hybridized carbons (Fsp3) is 1.00. The molecule has 4 nitrogen and oxygen atoms in total. The SMILES string of the molecule is NCCN1CCN(CC2CCCO2)CC1. The third kappa shape index (κ3) is 3.41. The van der Waals surface area contributed by atoms with Crippen molar-refractivity contribution in [3.8, 4) is 0 Å². The van der Waals surface area contributed by atoms with E-state index in [0.29, 0.717) is 6.10 Å². The fourth-order valence-corrected chi connectivity index (χ4v) is 2.45. The normalized spacial score (nSPS) is 29.8. The van der Waals surface area contributed by atoms with E-state index in [1.807, 2.05) is 0 Å². The molecule has 1 atom stereocenters. The molecule has 88 valence electrons. The van der Waals surface area contributed by atoms with Crippen LogP contribution in [0.25, 0.3) is 0 Å². The Labute approximate surface area is 92.4 Å². The molecule has 2 fully saturated rings. The van der Waals surface area contributed by atoms with Crippen LogP contribution in [-0.4, -0.2) is 68.3 Å². The van der Waals surface area contributed by atoms with Crippen molar-refractivity contribution in [3.63, 3.8) is 0 Å². The lowest BCUT2D eigenvalue weighted by Crippen LogP contribution is -2.49. The summed E-state index contributed by atoms with van der Waals surface area (Å²) in [6, 6.07) is 0. The summed E-state index contributed by atoms with van der Waals surface area (Å²) < 4.78 is 5.65. The maximum absolute atomic E-state index is 5.65. The molecular formula is C11H23N3O. The number of nitrogens with two attached hydrogens (primary N) is 1. The molecule has 0 spiro atoms. The van der Waals surface area contributed by atoms with E-state index in [1.54, 1.807) is 0 Å². The highest BCUT2D eigenvalue weighted by atomic mass is 16.5. The van der Waals surface area contributed by atoms with Crippen molar-refractivity contribution >= 4 is 0 Å². The van der Waals surface area contributed by atoms with Gasteiger partial charge in [0.05, 0.1) is 6.10 Å². The molecule has 2 aliphatic rings. The Balaban J connectivity index is 1.64. The number of hydrogen-bond donors (Lipinski definition) is 1. The molecule has 2 rings (SSSR count). The lowest BCUT2D eigenvalue weighted by molar-refractivity contribution is 0.0511. The van der Waals surface area contributed by atoms with E-state index in [1.165, 1.54) is 39.0 Å². The maximum Gasteiger partial charge on any atom is 0.0702 e. The molecule has 2 saturated heterocycles.